The van der Waals surface area contributed by atoms with Gasteiger partial charge in [-0.3, -0.25) is 4.79 Å². The Labute approximate surface area is 110 Å². The van der Waals surface area contributed by atoms with E-state index >= 15 is 0 Å². The van der Waals surface area contributed by atoms with Gasteiger partial charge in [0.15, 0.2) is 5.78 Å². The minimum Gasteiger partial charge on any atom is -0.294 e. The third kappa shape index (κ3) is 3.38. The molecule has 1 nitrogen and oxygen atoms in total. The molecule has 3 heteroatoms. The van der Waals surface area contributed by atoms with Crippen LogP contribution < -0.4 is 0 Å². The number of hydrogen-bond acceptors (Lipinski definition) is 1. The Balaban J connectivity index is 1.92. The van der Waals surface area contributed by atoms with Crippen molar-refractivity contribution in [2.24, 2.45) is 5.92 Å². The van der Waals surface area contributed by atoms with E-state index in [1.807, 2.05) is 0 Å². The summed E-state index contributed by atoms with van der Waals surface area (Å²) in [5.41, 5.74) is 0.490. The Morgan fingerprint density at radius 1 is 1.35 bits per heavy atom. The van der Waals surface area contributed by atoms with Crippen LogP contribution in [0.1, 0.15) is 48.9 Å². The number of benzene rings is 1. The van der Waals surface area contributed by atoms with E-state index < -0.39 is 0 Å². The first kappa shape index (κ1) is 12.7. The van der Waals surface area contributed by atoms with Gasteiger partial charge in [-0.2, -0.15) is 0 Å². The van der Waals surface area contributed by atoms with Gasteiger partial charge in [0.2, 0.25) is 0 Å². The molecule has 0 unspecified atom stereocenters. The van der Waals surface area contributed by atoms with E-state index in [-0.39, 0.29) is 11.6 Å². The number of halogens is 2. The smallest absolute Gasteiger partial charge is 0.162 e. The number of Topliss-reactive ketones (excluding diaryl/α,β-unsaturated/α-hetero) is 1. The van der Waals surface area contributed by atoms with Crippen molar-refractivity contribution >= 4 is 21.7 Å². The molecule has 2 rings (SSSR count). The molecule has 17 heavy (non-hydrogen) atoms. The van der Waals surface area contributed by atoms with Crippen molar-refractivity contribution in [2.45, 2.75) is 38.5 Å². The lowest BCUT2D eigenvalue weighted by molar-refractivity contribution is 0.0973. The summed E-state index contributed by atoms with van der Waals surface area (Å²) in [5, 5.41) is 0. The summed E-state index contributed by atoms with van der Waals surface area (Å²) >= 11 is 3.09. The Hall–Kier alpha value is -0.700. The van der Waals surface area contributed by atoms with Crippen LogP contribution in [0, 0.1) is 11.7 Å². The van der Waals surface area contributed by atoms with Crippen LogP contribution in [0.15, 0.2) is 22.7 Å². The fourth-order valence-electron chi connectivity index (χ4n) is 2.45. The van der Waals surface area contributed by atoms with Gasteiger partial charge in [-0.25, -0.2) is 4.39 Å². The number of hydrogen-bond donors (Lipinski definition) is 0. The van der Waals surface area contributed by atoms with E-state index in [0.29, 0.717) is 22.4 Å². The Morgan fingerprint density at radius 2 is 2.06 bits per heavy atom. The lowest BCUT2D eigenvalue weighted by Gasteiger charge is -2.07. The second-order valence-corrected chi connectivity index (χ2v) is 5.60. The normalized spacial score (nSPS) is 16.4. The molecule has 0 bridgehead atoms. The van der Waals surface area contributed by atoms with Crippen molar-refractivity contribution in [1.29, 1.82) is 0 Å². The van der Waals surface area contributed by atoms with E-state index in [2.05, 4.69) is 15.9 Å². The first-order valence-corrected chi connectivity index (χ1v) is 6.94. The molecule has 0 spiro atoms. The highest BCUT2D eigenvalue weighted by atomic mass is 79.9. The predicted octanol–water partition coefficient (Wildman–Crippen LogP) is 4.74. The molecule has 1 aliphatic carbocycles. The SMILES string of the molecule is O=C(CCC1CCCC1)c1ccc(Br)c(F)c1. The van der Waals surface area contributed by atoms with Gasteiger partial charge in [-0.05, 0) is 40.4 Å². The molecule has 1 aromatic rings. The van der Waals surface area contributed by atoms with Crippen molar-refractivity contribution in [2.75, 3.05) is 0 Å². The van der Waals surface area contributed by atoms with Gasteiger partial charge in [-0.15, -0.1) is 0 Å². The molecule has 1 aromatic carbocycles. The van der Waals surface area contributed by atoms with Crippen LogP contribution in [0.25, 0.3) is 0 Å². The van der Waals surface area contributed by atoms with E-state index in [4.69, 9.17) is 0 Å². The second-order valence-electron chi connectivity index (χ2n) is 4.74. The molecule has 1 aliphatic rings. The fraction of sp³-hybridized carbons (Fsp3) is 0.500. The summed E-state index contributed by atoms with van der Waals surface area (Å²) in [7, 11) is 0. The Bertz CT molecular complexity index is 411. The van der Waals surface area contributed by atoms with Gasteiger partial charge in [-0.1, -0.05) is 31.7 Å². The quantitative estimate of drug-likeness (QED) is 0.734. The molecule has 0 amide bonds. The van der Waals surface area contributed by atoms with Gasteiger partial charge in [0, 0.05) is 12.0 Å². The molecule has 1 fully saturated rings. The van der Waals surface area contributed by atoms with Crippen molar-refractivity contribution < 1.29 is 9.18 Å². The minimum atomic E-state index is -0.364. The molecule has 0 aromatic heterocycles. The molecule has 0 atom stereocenters. The van der Waals surface area contributed by atoms with Gasteiger partial charge >= 0.3 is 0 Å². The zero-order chi connectivity index (χ0) is 12.3. The number of rotatable bonds is 4. The highest BCUT2D eigenvalue weighted by Gasteiger charge is 2.17. The van der Waals surface area contributed by atoms with Crippen LogP contribution >= 0.6 is 15.9 Å². The summed E-state index contributed by atoms with van der Waals surface area (Å²) < 4.78 is 13.7. The fourth-order valence-corrected chi connectivity index (χ4v) is 2.69. The van der Waals surface area contributed by atoms with Gasteiger partial charge in [0.05, 0.1) is 4.47 Å². The van der Waals surface area contributed by atoms with Gasteiger partial charge < -0.3 is 0 Å². The standard InChI is InChI=1S/C14H16BrFO/c15-12-7-6-11(9-13(12)16)14(17)8-5-10-3-1-2-4-10/h6-7,9-10H,1-5,8H2. The summed E-state index contributed by atoms with van der Waals surface area (Å²) in [6, 6.07) is 4.60. The second kappa shape index (κ2) is 5.76. The molecule has 0 aliphatic heterocycles. The van der Waals surface area contributed by atoms with E-state index in [9.17, 15) is 9.18 Å². The highest BCUT2D eigenvalue weighted by molar-refractivity contribution is 9.10. The van der Waals surface area contributed by atoms with Crippen LogP contribution in [-0.4, -0.2) is 5.78 Å². The lowest BCUT2D eigenvalue weighted by atomic mass is 9.97. The average Bonchev–Trinajstić information content (AvgIpc) is 2.82. The molecule has 1 saturated carbocycles. The van der Waals surface area contributed by atoms with Crippen LogP contribution in [-0.2, 0) is 0 Å². The Morgan fingerprint density at radius 3 is 2.71 bits per heavy atom. The lowest BCUT2D eigenvalue weighted by Crippen LogP contribution is -2.03. The average molecular weight is 299 g/mol. The molecule has 0 heterocycles. The number of carbonyl (C=O) groups is 1. The monoisotopic (exact) mass is 298 g/mol. The summed E-state index contributed by atoms with van der Waals surface area (Å²) in [6.45, 7) is 0. The predicted molar refractivity (Wildman–Crippen MR) is 69.6 cm³/mol. The summed E-state index contributed by atoms with van der Waals surface area (Å²) in [4.78, 5) is 11.9. The van der Waals surface area contributed by atoms with Crippen molar-refractivity contribution in [1.82, 2.24) is 0 Å². The maximum atomic E-state index is 13.3. The third-order valence-electron chi connectivity index (χ3n) is 3.50. The summed E-state index contributed by atoms with van der Waals surface area (Å²) in [6.07, 6.45) is 6.60. The molecule has 0 N–H and O–H groups in total. The van der Waals surface area contributed by atoms with Gasteiger partial charge in [0.1, 0.15) is 5.82 Å². The van der Waals surface area contributed by atoms with E-state index in [1.54, 1.807) is 12.1 Å². The minimum absolute atomic E-state index is 0.0586. The topological polar surface area (TPSA) is 17.1 Å². The van der Waals surface area contributed by atoms with Crippen molar-refractivity contribution in [3.63, 3.8) is 0 Å². The van der Waals surface area contributed by atoms with Gasteiger partial charge in [0.25, 0.3) is 0 Å². The highest BCUT2D eigenvalue weighted by Crippen LogP contribution is 2.29. The van der Waals surface area contributed by atoms with Crippen LogP contribution in [0.4, 0.5) is 4.39 Å². The largest absolute Gasteiger partial charge is 0.294 e. The molecular formula is C14H16BrFO. The zero-order valence-corrected chi connectivity index (χ0v) is 11.3. The van der Waals surface area contributed by atoms with Crippen molar-refractivity contribution in [3.05, 3.63) is 34.1 Å². The summed E-state index contributed by atoms with van der Waals surface area (Å²) in [5.74, 6) is 0.402. The molecule has 92 valence electrons. The first-order valence-electron chi connectivity index (χ1n) is 6.15. The number of ketones is 1. The number of carbonyl (C=O) groups excluding carboxylic acids is 1. The van der Waals surface area contributed by atoms with E-state index in [0.717, 1.165) is 6.42 Å². The maximum absolute atomic E-state index is 13.3. The van der Waals surface area contributed by atoms with E-state index in [1.165, 1.54) is 31.7 Å². The Kier molecular flexibility index (Phi) is 4.32. The molecule has 0 saturated heterocycles. The maximum Gasteiger partial charge on any atom is 0.162 e. The molecular weight excluding hydrogens is 283 g/mol. The van der Waals surface area contributed by atoms with Crippen LogP contribution in [0.5, 0.6) is 0 Å². The first-order chi connectivity index (χ1) is 8.16. The molecule has 0 radical (unpaired) electrons. The zero-order valence-electron chi connectivity index (χ0n) is 9.72. The van der Waals surface area contributed by atoms with Crippen LogP contribution in [0.3, 0.4) is 0 Å². The third-order valence-corrected chi connectivity index (χ3v) is 4.14. The van der Waals surface area contributed by atoms with Crippen molar-refractivity contribution in [3.8, 4) is 0 Å². The van der Waals surface area contributed by atoms with Crippen LogP contribution in [0.2, 0.25) is 0 Å².